The van der Waals surface area contributed by atoms with Crippen molar-refractivity contribution in [3.8, 4) is 21.6 Å². The maximum Gasteiger partial charge on any atom is 0.262 e. The molecular formula is C19H14FN3OS. The van der Waals surface area contributed by atoms with Crippen molar-refractivity contribution in [2.75, 3.05) is 0 Å². The van der Waals surface area contributed by atoms with Crippen LogP contribution >= 0.6 is 11.3 Å². The molecule has 25 heavy (non-hydrogen) atoms. The van der Waals surface area contributed by atoms with Crippen LogP contribution in [0.15, 0.2) is 53.6 Å². The van der Waals surface area contributed by atoms with E-state index in [-0.39, 0.29) is 11.4 Å². The zero-order valence-corrected chi connectivity index (χ0v) is 14.5. The highest BCUT2D eigenvalue weighted by Gasteiger charge is 2.20. The number of aryl methyl sites for hydroxylation is 1. The Labute approximate surface area is 147 Å². The van der Waals surface area contributed by atoms with Gasteiger partial charge in [-0.25, -0.2) is 9.37 Å². The van der Waals surface area contributed by atoms with Gasteiger partial charge in [0.15, 0.2) is 0 Å². The van der Waals surface area contributed by atoms with E-state index in [2.05, 4.69) is 9.97 Å². The Morgan fingerprint density at radius 2 is 1.72 bits per heavy atom. The van der Waals surface area contributed by atoms with Crippen molar-refractivity contribution in [2.24, 2.45) is 7.05 Å². The Morgan fingerprint density at radius 3 is 2.40 bits per heavy atom. The van der Waals surface area contributed by atoms with Gasteiger partial charge in [0.05, 0.1) is 5.39 Å². The van der Waals surface area contributed by atoms with Crippen LogP contribution in [0.5, 0.6) is 0 Å². The molecule has 4 nitrogen and oxygen atoms in total. The first-order valence-electron chi connectivity index (χ1n) is 7.72. The van der Waals surface area contributed by atoms with Crippen LogP contribution in [-0.2, 0) is 7.05 Å². The lowest BCUT2D eigenvalue weighted by atomic mass is 10.0. The fraction of sp³-hybridized carbons (Fsp3) is 0.105. The minimum absolute atomic E-state index is 0.0987. The van der Waals surface area contributed by atoms with Crippen molar-refractivity contribution >= 4 is 21.6 Å². The van der Waals surface area contributed by atoms with Gasteiger partial charge in [0.2, 0.25) is 0 Å². The maximum absolute atomic E-state index is 13.4. The van der Waals surface area contributed by atoms with Crippen molar-refractivity contribution in [1.29, 1.82) is 0 Å². The van der Waals surface area contributed by atoms with Crippen molar-refractivity contribution in [1.82, 2.24) is 14.5 Å². The number of pyridine rings is 1. The first-order chi connectivity index (χ1) is 12.1. The van der Waals surface area contributed by atoms with Gasteiger partial charge in [0.1, 0.15) is 16.5 Å². The summed E-state index contributed by atoms with van der Waals surface area (Å²) in [5.41, 5.74) is 2.44. The van der Waals surface area contributed by atoms with Crippen LogP contribution in [-0.4, -0.2) is 14.5 Å². The number of aromatic nitrogens is 3. The van der Waals surface area contributed by atoms with Gasteiger partial charge in [-0.2, -0.15) is 0 Å². The summed E-state index contributed by atoms with van der Waals surface area (Å²) in [6.45, 7) is 1.81. The van der Waals surface area contributed by atoms with Gasteiger partial charge in [-0.15, -0.1) is 11.3 Å². The van der Waals surface area contributed by atoms with Gasteiger partial charge in [0.25, 0.3) is 5.56 Å². The second-order valence-electron chi connectivity index (χ2n) is 5.75. The predicted molar refractivity (Wildman–Crippen MR) is 98.2 cm³/mol. The van der Waals surface area contributed by atoms with E-state index >= 15 is 0 Å². The molecule has 0 fully saturated rings. The minimum atomic E-state index is -0.310. The third-order valence-electron chi connectivity index (χ3n) is 4.23. The molecule has 1 aromatic carbocycles. The van der Waals surface area contributed by atoms with E-state index < -0.39 is 0 Å². The number of rotatable bonds is 2. The highest BCUT2D eigenvalue weighted by atomic mass is 32.1. The quantitative estimate of drug-likeness (QED) is 0.544. The number of nitrogens with zero attached hydrogens (tertiary/aromatic N) is 3. The normalized spacial score (nSPS) is 11.2. The van der Waals surface area contributed by atoms with Crippen molar-refractivity contribution in [3.63, 3.8) is 0 Å². The molecular weight excluding hydrogens is 337 g/mol. The van der Waals surface area contributed by atoms with Crippen LogP contribution in [0, 0.1) is 12.7 Å². The number of hydrogen-bond acceptors (Lipinski definition) is 4. The molecule has 6 heteroatoms. The lowest BCUT2D eigenvalue weighted by Crippen LogP contribution is -2.20. The summed E-state index contributed by atoms with van der Waals surface area (Å²) in [5.74, 6) is 0.348. The van der Waals surface area contributed by atoms with Crippen LogP contribution in [0.1, 0.15) is 5.82 Å². The minimum Gasteiger partial charge on any atom is -0.299 e. The molecule has 0 aliphatic carbocycles. The molecule has 0 radical (unpaired) electrons. The van der Waals surface area contributed by atoms with Gasteiger partial charge in [-0.1, -0.05) is 12.1 Å². The molecule has 4 rings (SSSR count). The molecule has 0 atom stereocenters. The van der Waals surface area contributed by atoms with Gasteiger partial charge < -0.3 is 0 Å². The van der Waals surface area contributed by atoms with E-state index in [9.17, 15) is 9.18 Å². The van der Waals surface area contributed by atoms with E-state index in [4.69, 9.17) is 0 Å². The molecule has 3 heterocycles. The molecule has 0 spiro atoms. The van der Waals surface area contributed by atoms with E-state index in [0.29, 0.717) is 16.0 Å². The van der Waals surface area contributed by atoms with E-state index in [1.807, 2.05) is 19.1 Å². The molecule has 0 aliphatic rings. The molecule has 0 saturated carbocycles. The molecule has 0 bridgehead atoms. The fourth-order valence-electron chi connectivity index (χ4n) is 2.83. The van der Waals surface area contributed by atoms with Crippen LogP contribution in [0.25, 0.3) is 31.8 Å². The summed E-state index contributed by atoms with van der Waals surface area (Å²) in [5, 5.41) is 0.566. The molecule has 0 aliphatic heterocycles. The Balaban J connectivity index is 2.15. The summed E-state index contributed by atoms with van der Waals surface area (Å²) in [4.78, 5) is 23.2. The van der Waals surface area contributed by atoms with Crippen molar-refractivity contribution < 1.29 is 4.39 Å². The summed E-state index contributed by atoms with van der Waals surface area (Å²) in [6, 6.07) is 9.99. The fourth-order valence-corrected chi connectivity index (χ4v) is 4.07. The van der Waals surface area contributed by atoms with Crippen LogP contribution < -0.4 is 5.56 Å². The summed E-state index contributed by atoms with van der Waals surface area (Å²) >= 11 is 1.47. The summed E-state index contributed by atoms with van der Waals surface area (Å²) in [6.07, 6.45) is 3.43. The number of hydrogen-bond donors (Lipinski definition) is 0. The van der Waals surface area contributed by atoms with Crippen molar-refractivity contribution in [3.05, 3.63) is 70.8 Å². The number of thiophene rings is 1. The van der Waals surface area contributed by atoms with E-state index in [1.165, 1.54) is 23.5 Å². The van der Waals surface area contributed by atoms with Gasteiger partial charge in [0, 0.05) is 29.9 Å². The van der Waals surface area contributed by atoms with Gasteiger partial charge >= 0.3 is 0 Å². The maximum atomic E-state index is 13.4. The lowest BCUT2D eigenvalue weighted by molar-refractivity contribution is 0.628. The Morgan fingerprint density at radius 1 is 1.04 bits per heavy atom. The molecule has 4 aromatic rings. The third-order valence-corrected chi connectivity index (χ3v) is 5.37. The molecule has 0 unspecified atom stereocenters. The molecule has 0 amide bonds. The monoisotopic (exact) mass is 351 g/mol. The number of halogens is 1. The Hall–Kier alpha value is -2.86. The summed E-state index contributed by atoms with van der Waals surface area (Å²) < 4.78 is 14.9. The number of fused-ring (bicyclic) bond motifs is 1. The van der Waals surface area contributed by atoms with E-state index in [1.54, 1.807) is 36.1 Å². The Kier molecular flexibility index (Phi) is 3.69. The molecule has 3 aromatic heterocycles. The predicted octanol–water partition coefficient (Wildman–Crippen LogP) is 4.17. The zero-order valence-electron chi connectivity index (χ0n) is 13.7. The van der Waals surface area contributed by atoms with Crippen LogP contribution in [0.2, 0.25) is 0 Å². The Bertz CT molecular complexity index is 1130. The second-order valence-corrected chi connectivity index (χ2v) is 6.75. The van der Waals surface area contributed by atoms with E-state index in [0.717, 1.165) is 21.6 Å². The summed E-state index contributed by atoms with van der Waals surface area (Å²) in [7, 11) is 1.71. The average molecular weight is 351 g/mol. The first kappa shape index (κ1) is 15.7. The lowest BCUT2D eigenvalue weighted by Gasteiger charge is -2.06. The first-order valence-corrected chi connectivity index (χ1v) is 8.54. The van der Waals surface area contributed by atoms with Crippen LogP contribution in [0.3, 0.4) is 0 Å². The van der Waals surface area contributed by atoms with Gasteiger partial charge in [-0.3, -0.25) is 14.3 Å². The van der Waals surface area contributed by atoms with Crippen LogP contribution in [0.4, 0.5) is 4.39 Å². The van der Waals surface area contributed by atoms with Crippen molar-refractivity contribution in [2.45, 2.75) is 6.92 Å². The SMILES string of the molecule is Cc1nc2sc(-c3ccncc3)c(-c3ccc(F)cc3)c2c(=O)n1C. The standard InChI is InChI=1S/C19H14FN3OS/c1-11-22-18-16(19(24)23(11)2)15(12-3-5-14(20)6-4-12)17(25-18)13-7-9-21-10-8-13/h3-10H,1-2H3. The molecule has 124 valence electrons. The smallest absolute Gasteiger partial charge is 0.262 e. The highest BCUT2D eigenvalue weighted by molar-refractivity contribution is 7.22. The zero-order chi connectivity index (χ0) is 17.6. The molecule has 0 saturated heterocycles. The largest absolute Gasteiger partial charge is 0.299 e. The topological polar surface area (TPSA) is 47.8 Å². The highest BCUT2D eigenvalue weighted by Crippen LogP contribution is 2.42. The average Bonchev–Trinajstić information content (AvgIpc) is 3.00. The second kappa shape index (κ2) is 5.89. The third kappa shape index (κ3) is 2.55. The van der Waals surface area contributed by atoms with Gasteiger partial charge in [-0.05, 0) is 42.3 Å². The number of benzene rings is 1. The molecule has 0 N–H and O–H groups in total.